The molecule has 2 heterocycles. The van der Waals surface area contributed by atoms with Gasteiger partial charge in [-0.05, 0) is 38.3 Å². The summed E-state index contributed by atoms with van der Waals surface area (Å²) in [5, 5.41) is 7.97. The molecule has 1 saturated carbocycles. The number of unbranched alkanes of at least 4 members (excludes halogenated alkanes) is 1. The molecule has 1 aromatic heterocycles. The second-order valence-electron chi connectivity index (χ2n) is 8.38. The molecule has 146 valence electrons. The van der Waals surface area contributed by atoms with Crippen molar-refractivity contribution in [2.45, 2.75) is 71.1 Å². The zero-order valence-corrected chi connectivity index (χ0v) is 16.7. The second kappa shape index (κ2) is 8.09. The lowest BCUT2D eigenvalue weighted by molar-refractivity contribution is -0.140. The van der Waals surface area contributed by atoms with E-state index < -0.39 is 0 Å². The minimum absolute atomic E-state index is 0.0117. The highest BCUT2D eigenvalue weighted by Gasteiger charge is 2.52. The van der Waals surface area contributed by atoms with E-state index >= 15 is 0 Å². The Morgan fingerprint density at radius 1 is 1.50 bits per heavy atom. The summed E-state index contributed by atoms with van der Waals surface area (Å²) in [5.74, 6) is 0.0117. The van der Waals surface area contributed by atoms with E-state index in [-0.39, 0.29) is 23.5 Å². The summed E-state index contributed by atoms with van der Waals surface area (Å²) < 4.78 is 7.97. The maximum atomic E-state index is 12.9. The first-order valence-electron chi connectivity index (χ1n) is 10.1. The average Bonchev–Trinajstić information content (AvgIpc) is 3.14. The van der Waals surface area contributed by atoms with Crippen LogP contribution in [0.1, 0.15) is 69.4 Å². The van der Waals surface area contributed by atoms with E-state index in [0.29, 0.717) is 11.7 Å². The molecule has 6 nitrogen and oxygen atoms in total. The molecular formula is C20H34N4O2. The van der Waals surface area contributed by atoms with Crippen molar-refractivity contribution in [1.29, 1.82) is 0 Å². The highest BCUT2D eigenvalue weighted by molar-refractivity contribution is 5.92. The van der Waals surface area contributed by atoms with Gasteiger partial charge in [-0.15, -0.1) is 0 Å². The molecule has 0 aromatic carbocycles. The fourth-order valence-electron chi connectivity index (χ4n) is 4.21. The number of carbonyl (C=O) groups excluding carboxylic acids is 1. The molecule has 3 atom stereocenters. The Kier molecular flexibility index (Phi) is 6.03. The summed E-state index contributed by atoms with van der Waals surface area (Å²) in [5.41, 5.74) is 0.526. The fraction of sp³-hybridized carbons (Fsp3) is 0.800. The van der Waals surface area contributed by atoms with Crippen molar-refractivity contribution >= 4 is 5.91 Å². The van der Waals surface area contributed by atoms with Gasteiger partial charge in [0, 0.05) is 37.9 Å². The number of nitrogens with zero attached hydrogens (tertiary/aromatic N) is 3. The quantitative estimate of drug-likeness (QED) is 0.758. The van der Waals surface area contributed by atoms with Crippen LogP contribution in [0.5, 0.6) is 0 Å². The largest absolute Gasteiger partial charge is 0.378 e. The number of hydrogen-bond acceptors (Lipinski definition) is 4. The molecular weight excluding hydrogens is 328 g/mol. The van der Waals surface area contributed by atoms with Gasteiger partial charge in [0.15, 0.2) is 0 Å². The van der Waals surface area contributed by atoms with Crippen molar-refractivity contribution in [1.82, 2.24) is 20.0 Å². The smallest absolute Gasteiger partial charge is 0.274 e. The Morgan fingerprint density at radius 3 is 2.96 bits per heavy atom. The molecule has 3 unspecified atom stereocenters. The van der Waals surface area contributed by atoms with Gasteiger partial charge in [-0.2, -0.15) is 5.10 Å². The first kappa shape index (κ1) is 19.4. The second-order valence-corrected chi connectivity index (χ2v) is 8.38. The zero-order valence-electron chi connectivity index (χ0n) is 16.7. The highest BCUT2D eigenvalue weighted by atomic mass is 16.5. The number of ether oxygens (including phenoxy) is 1. The molecule has 0 radical (unpaired) electrons. The van der Waals surface area contributed by atoms with E-state index in [9.17, 15) is 4.79 Å². The number of carbonyl (C=O) groups is 1. The Hall–Kier alpha value is -1.40. The summed E-state index contributed by atoms with van der Waals surface area (Å²) in [7, 11) is 1.90. The highest BCUT2D eigenvalue weighted by Crippen LogP contribution is 2.45. The molecule has 1 aromatic rings. The van der Waals surface area contributed by atoms with E-state index in [2.05, 4.69) is 31.2 Å². The summed E-state index contributed by atoms with van der Waals surface area (Å²) in [4.78, 5) is 14.8. The number of piperidine rings is 1. The van der Waals surface area contributed by atoms with Crippen LogP contribution >= 0.6 is 0 Å². The van der Waals surface area contributed by atoms with Gasteiger partial charge in [-0.3, -0.25) is 9.48 Å². The van der Waals surface area contributed by atoms with Gasteiger partial charge in [0.2, 0.25) is 0 Å². The molecule has 26 heavy (non-hydrogen) atoms. The van der Waals surface area contributed by atoms with Gasteiger partial charge >= 0.3 is 0 Å². The number of rotatable bonds is 7. The van der Waals surface area contributed by atoms with Crippen molar-refractivity contribution in [2.75, 3.05) is 26.7 Å². The Balaban J connectivity index is 1.59. The minimum Gasteiger partial charge on any atom is -0.378 e. The molecule has 1 amide bonds. The van der Waals surface area contributed by atoms with E-state index in [1.54, 1.807) is 0 Å². The third-order valence-electron chi connectivity index (χ3n) is 6.20. The van der Waals surface area contributed by atoms with E-state index in [1.165, 1.54) is 0 Å². The van der Waals surface area contributed by atoms with Crippen LogP contribution in [0.3, 0.4) is 0 Å². The van der Waals surface area contributed by atoms with Gasteiger partial charge in [0.1, 0.15) is 5.69 Å². The number of aromatic nitrogens is 2. The Bertz CT molecular complexity index is 607. The van der Waals surface area contributed by atoms with Gasteiger partial charge in [0.05, 0.1) is 12.1 Å². The Morgan fingerprint density at radius 2 is 2.31 bits per heavy atom. The van der Waals surface area contributed by atoms with Crippen LogP contribution in [0.4, 0.5) is 0 Å². The topological polar surface area (TPSA) is 59.4 Å². The molecule has 2 fully saturated rings. The minimum atomic E-state index is -0.0198. The van der Waals surface area contributed by atoms with Crippen molar-refractivity contribution in [3.63, 3.8) is 0 Å². The lowest BCUT2D eigenvalue weighted by atomic mass is 9.63. The lowest BCUT2D eigenvalue weighted by Crippen LogP contribution is -2.62. The monoisotopic (exact) mass is 362 g/mol. The summed E-state index contributed by atoms with van der Waals surface area (Å²) in [6, 6.07) is 2.41. The molecule has 1 aliphatic carbocycles. The van der Waals surface area contributed by atoms with E-state index in [1.807, 2.05) is 28.9 Å². The molecule has 1 N–H and O–H groups in total. The first-order valence-corrected chi connectivity index (χ1v) is 10.1. The van der Waals surface area contributed by atoms with Crippen LogP contribution in [0.2, 0.25) is 0 Å². The third kappa shape index (κ3) is 3.81. The van der Waals surface area contributed by atoms with Crippen LogP contribution in [0.25, 0.3) is 0 Å². The fourth-order valence-corrected chi connectivity index (χ4v) is 4.21. The maximum Gasteiger partial charge on any atom is 0.274 e. The third-order valence-corrected chi connectivity index (χ3v) is 6.20. The van der Waals surface area contributed by atoms with Crippen molar-refractivity contribution in [2.24, 2.45) is 5.41 Å². The van der Waals surface area contributed by atoms with Gasteiger partial charge < -0.3 is 15.0 Å². The number of nitrogens with one attached hydrogen (secondary N) is 1. The van der Waals surface area contributed by atoms with Crippen LogP contribution in [-0.4, -0.2) is 59.5 Å². The van der Waals surface area contributed by atoms with E-state index in [0.717, 1.165) is 51.8 Å². The summed E-state index contributed by atoms with van der Waals surface area (Å²) >= 11 is 0. The molecule has 3 rings (SSSR count). The SMILES string of the molecule is CCCCOC1CC(N(C)C(=O)c2ccn(C3CCCNC3)n2)C1(C)C. The maximum absolute atomic E-state index is 12.9. The van der Waals surface area contributed by atoms with Crippen LogP contribution in [0, 0.1) is 5.41 Å². The zero-order chi connectivity index (χ0) is 18.7. The van der Waals surface area contributed by atoms with Gasteiger partial charge in [-0.25, -0.2) is 0 Å². The van der Waals surface area contributed by atoms with Crippen LogP contribution in [0.15, 0.2) is 12.3 Å². The lowest BCUT2D eigenvalue weighted by Gasteiger charge is -2.54. The van der Waals surface area contributed by atoms with E-state index in [4.69, 9.17) is 4.74 Å². The molecule has 1 aliphatic heterocycles. The first-order chi connectivity index (χ1) is 12.4. The normalized spacial score (nSPS) is 27.8. The summed E-state index contributed by atoms with van der Waals surface area (Å²) in [6.45, 7) is 9.39. The molecule has 0 spiro atoms. The molecule has 0 bridgehead atoms. The standard InChI is InChI=1S/C20H34N4O2/c1-5-6-12-26-18-13-17(20(18,2)3)23(4)19(25)16-9-11-24(22-16)15-8-7-10-21-14-15/h9,11,15,17-18,21H,5-8,10,12-14H2,1-4H3. The molecule has 2 aliphatic rings. The van der Waals surface area contributed by atoms with Crippen molar-refractivity contribution < 1.29 is 9.53 Å². The van der Waals surface area contributed by atoms with Crippen molar-refractivity contribution in [3.05, 3.63) is 18.0 Å². The number of amides is 1. The molecule has 1 saturated heterocycles. The van der Waals surface area contributed by atoms with Gasteiger partial charge in [0.25, 0.3) is 5.91 Å². The Labute approximate surface area is 157 Å². The number of hydrogen-bond donors (Lipinski definition) is 1. The molecule has 6 heteroatoms. The summed E-state index contributed by atoms with van der Waals surface area (Å²) in [6.07, 6.45) is 7.61. The van der Waals surface area contributed by atoms with Crippen molar-refractivity contribution in [3.8, 4) is 0 Å². The average molecular weight is 363 g/mol. The predicted octanol–water partition coefficient (Wildman–Crippen LogP) is 2.86. The van der Waals surface area contributed by atoms with Crippen LogP contribution < -0.4 is 5.32 Å². The van der Waals surface area contributed by atoms with Crippen LogP contribution in [-0.2, 0) is 4.74 Å². The predicted molar refractivity (Wildman–Crippen MR) is 102 cm³/mol. The van der Waals surface area contributed by atoms with Gasteiger partial charge in [-0.1, -0.05) is 27.2 Å².